The summed E-state index contributed by atoms with van der Waals surface area (Å²) in [5.41, 5.74) is 3.18. The number of carbonyl (C=O) groups excluding carboxylic acids is 2. The minimum absolute atomic E-state index is 0.216. The van der Waals surface area contributed by atoms with Gasteiger partial charge in [0.2, 0.25) is 5.90 Å². The summed E-state index contributed by atoms with van der Waals surface area (Å²) in [6.07, 6.45) is 1.63. The largest absolute Gasteiger partial charge is 0.423 e. The van der Waals surface area contributed by atoms with Crippen molar-refractivity contribution in [1.29, 1.82) is 0 Å². The third-order valence-electron chi connectivity index (χ3n) is 4.36. The minimum atomic E-state index is -0.501. The van der Waals surface area contributed by atoms with Crippen LogP contribution in [-0.2, 0) is 9.53 Å². The van der Waals surface area contributed by atoms with Crippen LogP contribution in [0.1, 0.15) is 27.0 Å². The second-order valence-corrected chi connectivity index (χ2v) is 7.92. The Labute approximate surface area is 187 Å². The predicted molar refractivity (Wildman–Crippen MR) is 122 cm³/mol. The van der Waals surface area contributed by atoms with Gasteiger partial charge in [0.25, 0.3) is 0 Å². The number of cyclic esters (lactones) is 1. The molecule has 0 fully saturated rings. The summed E-state index contributed by atoms with van der Waals surface area (Å²) in [6, 6.07) is 21.6. The summed E-state index contributed by atoms with van der Waals surface area (Å²) in [6.45, 7) is 1.92. The quantitative estimate of drug-likeness (QED) is 0.211. The lowest BCUT2D eigenvalue weighted by atomic mass is 10.1. The van der Waals surface area contributed by atoms with Gasteiger partial charge in [-0.15, -0.1) is 0 Å². The van der Waals surface area contributed by atoms with Crippen LogP contribution in [0.4, 0.5) is 0 Å². The first-order valence-corrected chi connectivity index (χ1v) is 10.2. The lowest BCUT2D eigenvalue weighted by Gasteiger charge is -2.05. The van der Waals surface area contributed by atoms with Crippen molar-refractivity contribution in [3.05, 3.63) is 104 Å². The highest BCUT2D eigenvalue weighted by Gasteiger charge is 2.24. The molecule has 6 heteroatoms. The smallest absolute Gasteiger partial charge is 0.363 e. The fraction of sp³-hybridized carbons (Fsp3) is 0.0417. The maximum Gasteiger partial charge on any atom is 0.363 e. The van der Waals surface area contributed by atoms with E-state index in [1.807, 2.05) is 43.3 Å². The molecule has 0 N–H and O–H groups in total. The molecule has 0 saturated heterocycles. The summed E-state index contributed by atoms with van der Waals surface area (Å²) in [5, 5.41) is 0. The lowest BCUT2D eigenvalue weighted by molar-refractivity contribution is -0.129. The van der Waals surface area contributed by atoms with Gasteiger partial charge in [-0.25, -0.2) is 14.6 Å². The van der Waals surface area contributed by atoms with Crippen molar-refractivity contribution in [2.75, 3.05) is 0 Å². The first-order valence-electron chi connectivity index (χ1n) is 9.15. The van der Waals surface area contributed by atoms with Gasteiger partial charge in [-0.3, -0.25) is 0 Å². The predicted octanol–water partition coefficient (Wildman–Crippen LogP) is 5.16. The molecule has 0 radical (unpaired) electrons. The summed E-state index contributed by atoms with van der Waals surface area (Å²) >= 11 is 2.21. The highest BCUT2D eigenvalue weighted by molar-refractivity contribution is 14.1. The molecular formula is C24H16INO4. The Bertz CT molecular complexity index is 1180. The zero-order chi connectivity index (χ0) is 21.1. The van der Waals surface area contributed by atoms with E-state index in [9.17, 15) is 9.59 Å². The number of esters is 2. The number of halogens is 1. The van der Waals surface area contributed by atoms with Crippen LogP contribution in [0.25, 0.3) is 6.08 Å². The molecule has 0 unspecified atom stereocenters. The van der Waals surface area contributed by atoms with E-state index in [4.69, 9.17) is 9.47 Å². The number of rotatable bonds is 4. The van der Waals surface area contributed by atoms with E-state index in [0.717, 1.165) is 20.3 Å². The number of benzene rings is 3. The molecule has 1 aliphatic rings. The lowest BCUT2D eigenvalue weighted by Crippen LogP contribution is -2.08. The molecule has 0 saturated carbocycles. The molecule has 0 aromatic heterocycles. The van der Waals surface area contributed by atoms with Gasteiger partial charge in [-0.05, 0) is 89.7 Å². The van der Waals surface area contributed by atoms with Crippen molar-refractivity contribution in [1.82, 2.24) is 0 Å². The highest BCUT2D eigenvalue weighted by Crippen LogP contribution is 2.21. The van der Waals surface area contributed by atoms with E-state index in [-0.39, 0.29) is 11.6 Å². The second-order valence-electron chi connectivity index (χ2n) is 6.67. The maximum atomic E-state index is 12.3. The van der Waals surface area contributed by atoms with Crippen LogP contribution < -0.4 is 4.74 Å². The zero-order valence-corrected chi connectivity index (χ0v) is 18.1. The van der Waals surface area contributed by atoms with Crippen LogP contribution in [-0.4, -0.2) is 17.8 Å². The Kier molecular flexibility index (Phi) is 5.76. The van der Waals surface area contributed by atoms with E-state index in [1.165, 1.54) is 0 Å². The van der Waals surface area contributed by atoms with Crippen molar-refractivity contribution in [2.24, 2.45) is 4.99 Å². The number of hydrogen-bond donors (Lipinski definition) is 0. The number of hydrogen-bond acceptors (Lipinski definition) is 5. The van der Waals surface area contributed by atoms with E-state index >= 15 is 0 Å². The summed E-state index contributed by atoms with van der Waals surface area (Å²) in [5.74, 6) is -0.221. The van der Waals surface area contributed by atoms with Crippen LogP contribution in [0.3, 0.4) is 0 Å². The van der Waals surface area contributed by atoms with Gasteiger partial charge in [0.15, 0.2) is 5.70 Å². The van der Waals surface area contributed by atoms with Crippen molar-refractivity contribution in [2.45, 2.75) is 6.92 Å². The molecule has 148 valence electrons. The van der Waals surface area contributed by atoms with Crippen LogP contribution >= 0.6 is 22.6 Å². The summed E-state index contributed by atoms with van der Waals surface area (Å²) in [4.78, 5) is 28.7. The molecule has 0 bridgehead atoms. The zero-order valence-electron chi connectivity index (χ0n) is 16.0. The molecule has 0 atom stereocenters. The van der Waals surface area contributed by atoms with Gasteiger partial charge >= 0.3 is 11.9 Å². The molecule has 0 amide bonds. The monoisotopic (exact) mass is 509 g/mol. The van der Waals surface area contributed by atoms with Gasteiger partial charge in [-0.1, -0.05) is 29.8 Å². The van der Waals surface area contributed by atoms with E-state index < -0.39 is 11.9 Å². The first kappa shape index (κ1) is 20.0. The molecule has 3 aromatic carbocycles. The molecule has 1 heterocycles. The molecule has 1 aliphatic heterocycles. The molecule has 0 aliphatic carbocycles. The molecular weight excluding hydrogens is 493 g/mol. The van der Waals surface area contributed by atoms with Gasteiger partial charge in [0.1, 0.15) is 5.75 Å². The van der Waals surface area contributed by atoms with Crippen molar-refractivity contribution < 1.29 is 19.1 Å². The topological polar surface area (TPSA) is 65.0 Å². The normalized spacial score (nSPS) is 14.4. The Morgan fingerprint density at radius 1 is 1.03 bits per heavy atom. The number of ether oxygens (including phenoxy) is 2. The van der Waals surface area contributed by atoms with Gasteiger partial charge in [-0.2, -0.15) is 0 Å². The molecule has 4 rings (SSSR count). The van der Waals surface area contributed by atoms with E-state index in [2.05, 4.69) is 27.6 Å². The molecule has 5 nitrogen and oxygen atoms in total. The Morgan fingerprint density at radius 2 is 1.77 bits per heavy atom. The Morgan fingerprint density at radius 3 is 2.47 bits per heavy atom. The van der Waals surface area contributed by atoms with Gasteiger partial charge in [0.05, 0.1) is 5.56 Å². The first-order chi connectivity index (χ1) is 14.5. The maximum absolute atomic E-state index is 12.3. The van der Waals surface area contributed by atoms with Crippen molar-refractivity contribution >= 4 is 46.5 Å². The highest BCUT2D eigenvalue weighted by atomic mass is 127. The average Bonchev–Trinajstić information content (AvgIpc) is 3.10. The van der Waals surface area contributed by atoms with Crippen LogP contribution in [0.2, 0.25) is 0 Å². The second kappa shape index (κ2) is 8.62. The third-order valence-corrected chi connectivity index (χ3v) is 5.08. The fourth-order valence-electron chi connectivity index (χ4n) is 2.85. The Balaban J connectivity index is 1.48. The van der Waals surface area contributed by atoms with Crippen LogP contribution in [0, 0.1) is 10.5 Å². The van der Waals surface area contributed by atoms with Crippen molar-refractivity contribution in [3.8, 4) is 5.75 Å². The van der Waals surface area contributed by atoms with Crippen molar-refractivity contribution in [3.63, 3.8) is 0 Å². The van der Waals surface area contributed by atoms with E-state index in [0.29, 0.717) is 11.3 Å². The third kappa shape index (κ3) is 4.65. The fourth-order valence-corrected chi connectivity index (χ4v) is 3.21. The minimum Gasteiger partial charge on any atom is -0.423 e. The Hall–Kier alpha value is -3.26. The number of aryl methyl sites for hydroxylation is 1. The number of carbonyl (C=O) groups is 2. The molecule has 30 heavy (non-hydrogen) atoms. The average molecular weight is 509 g/mol. The van der Waals surface area contributed by atoms with Gasteiger partial charge in [0, 0.05) is 9.13 Å². The number of aliphatic imine (C=N–C) groups is 1. The molecule has 0 spiro atoms. The molecule has 3 aromatic rings. The SMILES string of the molecule is Cc1cccc(C(=O)Oc2ccc(/C=C3\N=C(c4ccc(I)cc4)OC3=O)cc2)c1. The summed E-state index contributed by atoms with van der Waals surface area (Å²) < 4.78 is 11.8. The van der Waals surface area contributed by atoms with Gasteiger partial charge < -0.3 is 9.47 Å². The summed E-state index contributed by atoms with van der Waals surface area (Å²) in [7, 11) is 0. The van der Waals surface area contributed by atoms with Crippen LogP contribution in [0.5, 0.6) is 5.75 Å². The number of nitrogens with zero attached hydrogens (tertiary/aromatic N) is 1. The van der Waals surface area contributed by atoms with E-state index in [1.54, 1.807) is 42.5 Å². The standard InChI is InChI=1S/C24H16INO4/c1-15-3-2-4-18(13-15)23(27)29-20-11-5-16(6-12-20)14-21-24(28)30-22(26-21)17-7-9-19(25)10-8-17/h2-14H,1H3/b21-14-. The van der Waals surface area contributed by atoms with Crippen LogP contribution in [0.15, 0.2) is 83.5 Å².